The Kier molecular flexibility index (Phi) is 4.86. The number of H-pyrrole nitrogens is 1. The lowest BCUT2D eigenvalue weighted by Gasteiger charge is -2.16. The van der Waals surface area contributed by atoms with Crippen LogP contribution in [0.1, 0.15) is 35.5 Å². The Bertz CT molecular complexity index is 1010. The van der Waals surface area contributed by atoms with Crippen LogP contribution in [0, 0.1) is 0 Å². The number of carbonyl (C=O) groups excluding carboxylic acids is 1. The molecule has 0 fully saturated rings. The third kappa shape index (κ3) is 3.15. The Labute approximate surface area is 150 Å². The van der Waals surface area contributed by atoms with Gasteiger partial charge < -0.3 is 5.32 Å². The largest absolute Gasteiger partial charge is 0.320 e. The fourth-order valence-electron chi connectivity index (χ4n) is 2.93. The summed E-state index contributed by atoms with van der Waals surface area (Å²) in [5, 5.41) is 10.8. The van der Waals surface area contributed by atoms with E-state index in [0.717, 1.165) is 23.2 Å². The number of rotatable bonds is 4. The first-order chi connectivity index (χ1) is 12.1. The highest BCUT2D eigenvalue weighted by molar-refractivity contribution is 6.32. The summed E-state index contributed by atoms with van der Waals surface area (Å²) in [6.45, 7) is 4.01. The Morgan fingerprint density at radius 1 is 1.12 bits per heavy atom. The van der Waals surface area contributed by atoms with Gasteiger partial charge in [-0.3, -0.25) is 9.59 Å². The molecule has 25 heavy (non-hydrogen) atoms. The lowest BCUT2D eigenvalue weighted by molar-refractivity contribution is 0.102. The molecule has 0 unspecified atom stereocenters. The summed E-state index contributed by atoms with van der Waals surface area (Å²) in [7, 11) is 0. The molecular weight excluding hydrogens is 338 g/mol. The summed E-state index contributed by atoms with van der Waals surface area (Å²) in [4.78, 5) is 24.7. The first-order valence-corrected chi connectivity index (χ1v) is 8.53. The number of anilines is 1. The van der Waals surface area contributed by atoms with E-state index in [-0.39, 0.29) is 17.2 Å². The molecule has 0 saturated heterocycles. The van der Waals surface area contributed by atoms with Crippen molar-refractivity contribution in [3.05, 3.63) is 68.6 Å². The fourth-order valence-corrected chi connectivity index (χ4v) is 3.22. The number of hydrogen-bond acceptors (Lipinski definition) is 3. The molecule has 2 aromatic carbocycles. The van der Waals surface area contributed by atoms with E-state index in [9.17, 15) is 9.59 Å². The number of benzene rings is 2. The number of amides is 1. The van der Waals surface area contributed by atoms with E-state index >= 15 is 0 Å². The van der Waals surface area contributed by atoms with Gasteiger partial charge in [0.25, 0.3) is 11.5 Å². The van der Waals surface area contributed by atoms with Crippen molar-refractivity contribution in [3.63, 3.8) is 0 Å². The second-order valence-corrected chi connectivity index (χ2v) is 6.08. The number of aromatic nitrogens is 2. The summed E-state index contributed by atoms with van der Waals surface area (Å²) >= 11 is 6.29. The van der Waals surface area contributed by atoms with Gasteiger partial charge >= 0.3 is 0 Å². The first kappa shape index (κ1) is 17.2. The molecule has 0 radical (unpaired) electrons. The van der Waals surface area contributed by atoms with Crippen LogP contribution in [-0.2, 0) is 12.8 Å². The normalized spacial score (nSPS) is 10.8. The average Bonchev–Trinajstić information content (AvgIpc) is 2.62. The summed E-state index contributed by atoms with van der Waals surface area (Å²) < 4.78 is 0. The number of carbonyl (C=O) groups is 1. The van der Waals surface area contributed by atoms with E-state index in [0.29, 0.717) is 22.2 Å². The number of hydrogen-bond donors (Lipinski definition) is 2. The SMILES string of the molecule is CCc1ccc(Cl)c(CC)c1NC(=O)c1n[nH]c(=O)c2ccccc12. The van der Waals surface area contributed by atoms with Crippen molar-refractivity contribution in [1.82, 2.24) is 10.2 Å². The molecular formula is C19H18ClN3O2. The van der Waals surface area contributed by atoms with E-state index in [1.54, 1.807) is 24.3 Å². The molecule has 0 atom stereocenters. The zero-order valence-corrected chi connectivity index (χ0v) is 14.8. The average molecular weight is 356 g/mol. The number of nitrogens with one attached hydrogen (secondary N) is 2. The van der Waals surface area contributed by atoms with Gasteiger partial charge in [-0.05, 0) is 36.1 Å². The first-order valence-electron chi connectivity index (χ1n) is 8.15. The van der Waals surface area contributed by atoms with Gasteiger partial charge in [-0.15, -0.1) is 0 Å². The van der Waals surface area contributed by atoms with Crippen molar-refractivity contribution in [1.29, 1.82) is 0 Å². The molecule has 0 bridgehead atoms. The minimum absolute atomic E-state index is 0.180. The quantitative estimate of drug-likeness (QED) is 0.744. The highest BCUT2D eigenvalue weighted by Gasteiger charge is 2.18. The Balaban J connectivity index is 2.09. The third-order valence-electron chi connectivity index (χ3n) is 4.23. The lowest BCUT2D eigenvalue weighted by Crippen LogP contribution is -2.20. The zero-order valence-electron chi connectivity index (χ0n) is 14.0. The van der Waals surface area contributed by atoms with Crippen molar-refractivity contribution < 1.29 is 4.79 Å². The van der Waals surface area contributed by atoms with Gasteiger partial charge in [0.2, 0.25) is 0 Å². The van der Waals surface area contributed by atoms with Crippen molar-refractivity contribution >= 4 is 34.0 Å². The number of aromatic amines is 1. The maximum Gasteiger partial charge on any atom is 0.276 e. The Morgan fingerprint density at radius 3 is 2.52 bits per heavy atom. The Hall–Kier alpha value is -2.66. The van der Waals surface area contributed by atoms with Crippen LogP contribution in [0.2, 0.25) is 5.02 Å². The molecule has 1 heterocycles. The standard InChI is InChI=1S/C19H18ClN3O2/c1-3-11-9-10-15(20)12(4-2)16(11)21-19(25)17-13-7-5-6-8-14(13)18(24)23-22-17/h5-10H,3-4H2,1-2H3,(H,21,25)(H,23,24). The molecule has 0 saturated carbocycles. The van der Waals surface area contributed by atoms with Crippen molar-refractivity contribution in [2.45, 2.75) is 26.7 Å². The molecule has 0 aliphatic heterocycles. The minimum Gasteiger partial charge on any atom is -0.320 e. The number of nitrogens with zero attached hydrogens (tertiary/aromatic N) is 1. The van der Waals surface area contributed by atoms with Crippen LogP contribution in [-0.4, -0.2) is 16.1 Å². The monoisotopic (exact) mass is 355 g/mol. The van der Waals surface area contributed by atoms with E-state index < -0.39 is 0 Å². The number of aryl methyl sites for hydroxylation is 1. The second-order valence-electron chi connectivity index (χ2n) is 5.67. The predicted octanol–water partition coefficient (Wildman–Crippen LogP) is 3.95. The summed E-state index contributed by atoms with van der Waals surface area (Å²) in [6.07, 6.45) is 1.46. The molecule has 0 spiro atoms. The highest BCUT2D eigenvalue weighted by atomic mass is 35.5. The third-order valence-corrected chi connectivity index (χ3v) is 4.58. The lowest BCUT2D eigenvalue weighted by atomic mass is 10.0. The van der Waals surface area contributed by atoms with Gasteiger partial charge in [-0.2, -0.15) is 5.10 Å². The molecule has 2 N–H and O–H groups in total. The van der Waals surface area contributed by atoms with Crippen LogP contribution in [0.4, 0.5) is 5.69 Å². The molecule has 1 amide bonds. The van der Waals surface area contributed by atoms with E-state index in [4.69, 9.17) is 11.6 Å². The van der Waals surface area contributed by atoms with Gasteiger partial charge in [0.1, 0.15) is 0 Å². The van der Waals surface area contributed by atoms with Gasteiger partial charge in [-0.25, -0.2) is 5.10 Å². The van der Waals surface area contributed by atoms with Crippen LogP contribution in [0.15, 0.2) is 41.2 Å². The van der Waals surface area contributed by atoms with Crippen LogP contribution in [0.5, 0.6) is 0 Å². The molecule has 3 aromatic rings. The maximum absolute atomic E-state index is 12.8. The minimum atomic E-state index is -0.376. The molecule has 128 valence electrons. The van der Waals surface area contributed by atoms with E-state index in [1.165, 1.54) is 0 Å². The predicted molar refractivity (Wildman–Crippen MR) is 101 cm³/mol. The second kappa shape index (κ2) is 7.07. The number of fused-ring (bicyclic) bond motifs is 1. The van der Waals surface area contributed by atoms with E-state index in [2.05, 4.69) is 15.5 Å². The summed E-state index contributed by atoms with van der Waals surface area (Å²) in [5.74, 6) is -0.376. The molecule has 6 heteroatoms. The van der Waals surface area contributed by atoms with Crippen molar-refractivity contribution in [2.75, 3.05) is 5.32 Å². The van der Waals surface area contributed by atoms with Crippen LogP contribution < -0.4 is 10.9 Å². The van der Waals surface area contributed by atoms with E-state index in [1.807, 2.05) is 26.0 Å². The summed E-state index contributed by atoms with van der Waals surface area (Å²) in [6, 6.07) is 10.7. The molecule has 3 rings (SSSR count). The molecule has 0 aliphatic carbocycles. The fraction of sp³-hybridized carbons (Fsp3) is 0.211. The molecule has 5 nitrogen and oxygen atoms in total. The summed E-state index contributed by atoms with van der Waals surface area (Å²) in [5.41, 5.74) is 2.48. The van der Waals surface area contributed by atoms with Gasteiger partial charge in [0.05, 0.1) is 5.39 Å². The maximum atomic E-state index is 12.8. The van der Waals surface area contributed by atoms with Gasteiger partial charge in [0, 0.05) is 16.1 Å². The van der Waals surface area contributed by atoms with Gasteiger partial charge in [0.15, 0.2) is 5.69 Å². The number of halogens is 1. The van der Waals surface area contributed by atoms with Gasteiger partial charge in [-0.1, -0.05) is 49.7 Å². The smallest absolute Gasteiger partial charge is 0.276 e. The van der Waals surface area contributed by atoms with Crippen molar-refractivity contribution in [3.8, 4) is 0 Å². The highest BCUT2D eigenvalue weighted by Crippen LogP contribution is 2.30. The molecule has 1 aromatic heterocycles. The van der Waals surface area contributed by atoms with Crippen molar-refractivity contribution in [2.24, 2.45) is 0 Å². The zero-order chi connectivity index (χ0) is 18.0. The van der Waals surface area contributed by atoms with Crippen LogP contribution in [0.3, 0.4) is 0 Å². The topological polar surface area (TPSA) is 74.8 Å². The van der Waals surface area contributed by atoms with Crippen LogP contribution >= 0.6 is 11.6 Å². The Morgan fingerprint density at radius 2 is 1.84 bits per heavy atom. The molecule has 0 aliphatic rings. The van der Waals surface area contributed by atoms with Crippen LogP contribution in [0.25, 0.3) is 10.8 Å².